The Labute approximate surface area is 109 Å². The Bertz CT molecular complexity index is 729. The molecule has 0 fully saturated rings. The van der Waals surface area contributed by atoms with E-state index >= 15 is 0 Å². The van der Waals surface area contributed by atoms with Crippen molar-refractivity contribution >= 4 is 28.1 Å². The highest BCUT2D eigenvalue weighted by molar-refractivity contribution is 5.96. The smallest absolute Gasteiger partial charge is 0.160 e. The van der Waals surface area contributed by atoms with Gasteiger partial charge in [-0.15, -0.1) is 0 Å². The van der Waals surface area contributed by atoms with Crippen LogP contribution >= 0.6 is 0 Å². The van der Waals surface area contributed by atoms with E-state index < -0.39 is 0 Å². The molecule has 0 radical (unpaired) electrons. The van der Waals surface area contributed by atoms with Crippen molar-refractivity contribution in [3.63, 3.8) is 0 Å². The Balaban J connectivity index is 2.06. The molecule has 0 unspecified atom stereocenters. The Morgan fingerprint density at radius 3 is 2.84 bits per heavy atom. The van der Waals surface area contributed by atoms with E-state index in [1.165, 1.54) is 0 Å². The number of hydrogen-bond acceptors (Lipinski definition) is 6. The number of rotatable bonds is 3. The van der Waals surface area contributed by atoms with Gasteiger partial charge in [-0.3, -0.25) is 4.68 Å². The molecule has 0 aliphatic rings. The molecule has 1 aromatic carbocycles. The minimum Gasteiger partial charge on any atom is -0.397 e. The van der Waals surface area contributed by atoms with Crippen molar-refractivity contribution in [1.82, 2.24) is 20.1 Å². The van der Waals surface area contributed by atoms with Gasteiger partial charge in [-0.2, -0.15) is 5.10 Å². The number of nitrogen functional groups attached to an aromatic ring is 1. The van der Waals surface area contributed by atoms with Gasteiger partial charge >= 0.3 is 0 Å². The van der Waals surface area contributed by atoms with Crippen molar-refractivity contribution in [3.8, 4) is 0 Å². The van der Waals surface area contributed by atoms with Crippen LogP contribution in [0.2, 0.25) is 0 Å². The first-order valence-corrected chi connectivity index (χ1v) is 5.99. The summed E-state index contributed by atoms with van der Waals surface area (Å²) < 4.78 is 6.52. The third-order valence-electron chi connectivity index (χ3n) is 2.96. The molecule has 0 aliphatic carbocycles. The normalized spacial score (nSPS) is 11.1. The van der Waals surface area contributed by atoms with Gasteiger partial charge in [-0.05, 0) is 28.9 Å². The second-order valence-electron chi connectivity index (χ2n) is 4.31. The van der Waals surface area contributed by atoms with E-state index in [1.807, 2.05) is 19.3 Å². The van der Waals surface area contributed by atoms with Gasteiger partial charge in [-0.1, -0.05) is 6.92 Å². The lowest BCUT2D eigenvalue weighted by Gasteiger charge is -2.06. The second-order valence-corrected chi connectivity index (χ2v) is 4.31. The summed E-state index contributed by atoms with van der Waals surface area (Å²) in [6, 6.07) is 3.63. The van der Waals surface area contributed by atoms with Gasteiger partial charge in [0.05, 0.1) is 22.8 Å². The molecule has 0 saturated carbocycles. The summed E-state index contributed by atoms with van der Waals surface area (Å²) in [7, 11) is 1.89. The first kappa shape index (κ1) is 11.5. The monoisotopic (exact) mass is 258 g/mol. The van der Waals surface area contributed by atoms with Gasteiger partial charge in [0.1, 0.15) is 0 Å². The molecule has 0 amide bonds. The number of nitrogens with one attached hydrogen (secondary N) is 1. The zero-order valence-corrected chi connectivity index (χ0v) is 10.7. The Morgan fingerprint density at radius 1 is 1.26 bits per heavy atom. The average molecular weight is 258 g/mol. The summed E-state index contributed by atoms with van der Waals surface area (Å²) >= 11 is 0. The third kappa shape index (κ3) is 1.88. The number of aromatic nitrogens is 4. The summed E-state index contributed by atoms with van der Waals surface area (Å²) in [6.45, 7) is 2.06. The molecule has 0 bridgehead atoms. The lowest BCUT2D eigenvalue weighted by Crippen LogP contribution is -1.95. The molecule has 7 nitrogen and oxygen atoms in total. The molecular weight excluding hydrogens is 244 g/mol. The first-order valence-electron chi connectivity index (χ1n) is 5.99. The van der Waals surface area contributed by atoms with Crippen LogP contribution in [0.25, 0.3) is 11.0 Å². The average Bonchev–Trinajstić information content (AvgIpc) is 3.00. The summed E-state index contributed by atoms with van der Waals surface area (Å²) in [5, 5.41) is 15.4. The molecule has 3 aromatic rings. The third-order valence-corrected chi connectivity index (χ3v) is 2.96. The highest BCUT2D eigenvalue weighted by Crippen LogP contribution is 2.28. The number of nitrogens with two attached hydrogens (primary N) is 1. The van der Waals surface area contributed by atoms with Crippen LogP contribution in [0.3, 0.4) is 0 Å². The number of hydrogen-bond donors (Lipinski definition) is 2. The fourth-order valence-electron chi connectivity index (χ4n) is 2.03. The van der Waals surface area contributed by atoms with Gasteiger partial charge < -0.3 is 11.1 Å². The fourth-order valence-corrected chi connectivity index (χ4v) is 2.03. The minimum atomic E-state index is 0.545. The molecule has 0 aliphatic heterocycles. The van der Waals surface area contributed by atoms with Gasteiger partial charge in [0.2, 0.25) is 0 Å². The number of anilines is 3. The molecule has 2 heterocycles. The van der Waals surface area contributed by atoms with Gasteiger partial charge in [0, 0.05) is 13.2 Å². The lowest BCUT2D eigenvalue weighted by atomic mass is 10.2. The quantitative estimate of drug-likeness (QED) is 0.696. The van der Waals surface area contributed by atoms with E-state index in [4.69, 9.17) is 10.4 Å². The summed E-state index contributed by atoms with van der Waals surface area (Å²) in [5.41, 5.74) is 10.3. The number of benzene rings is 1. The fraction of sp³-hybridized carbons (Fsp3) is 0.250. The van der Waals surface area contributed by atoms with Crippen molar-refractivity contribution in [2.45, 2.75) is 13.3 Å². The zero-order valence-electron chi connectivity index (χ0n) is 10.7. The molecular formula is C12H14N6O. The van der Waals surface area contributed by atoms with Crippen LogP contribution in [0.4, 0.5) is 17.1 Å². The number of nitrogens with zero attached hydrogens (tertiary/aromatic N) is 4. The molecule has 3 rings (SSSR count). The van der Waals surface area contributed by atoms with Gasteiger partial charge in [-0.25, -0.2) is 4.63 Å². The summed E-state index contributed by atoms with van der Waals surface area (Å²) in [6.07, 6.45) is 2.77. The van der Waals surface area contributed by atoms with E-state index in [1.54, 1.807) is 10.7 Å². The molecule has 2 aromatic heterocycles. The van der Waals surface area contributed by atoms with Crippen LogP contribution in [-0.2, 0) is 13.5 Å². The van der Waals surface area contributed by atoms with E-state index in [2.05, 4.69) is 27.7 Å². The second kappa shape index (κ2) is 4.27. The van der Waals surface area contributed by atoms with Gasteiger partial charge in [0.15, 0.2) is 11.0 Å². The Kier molecular flexibility index (Phi) is 2.59. The minimum absolute atomic E-state index is 0.545. The van der Waals surface area contributed by atoms with Crippen LogP contribution < -0.4 is 11.1 Å². The zero-order chi connectivity index (χ0) is 13.4. The van der Waals surface area contributed by atoms with Crippen LogP contribution in [0.15, 0.2) is 23.0 Å². The van der Waals surface area contributed by atoms with Crippen LogP contribution in [0.5, 0.6) is 0 Å². The SMILES string of the molecule is CCc1nn(C)cc1Nc1ccc(N)c2nonc12. The highest BCUT2D eigenvalue weighted by atomic mass is 16.6. The Morgan fingerprint density at radius 2 is 2.05 bits per heavy atom. The van der Waals surface area contributed by atoms with Crippen molar-refractivity contribution in [3.05, 3.63) is 24.0 Å². The molecule has 3 N–H and O–H groups in total. The molecule has 0 spiro atoms. The molecule has 19 heavy (non-hydrogen) atoms. The first-order chi connectivity index (χ1) is 9.19. The summed E-state index contributed by atoms with van der Waals surface area (Å²) in [4.78, 5) is 0. The summed E-state index contributed by atoms with van der Waals surface area (Å²) in [5.74, 6) is 0. The van der Waals surface area contributed by atoms with Crippen molar-refractivity contribution in [2.75, 3.05) is 11.1 Å². The Hall–Kier alpha value is -2.57. The lowest BCUT2D eigenvalue weighted by molar-refractivity contribution is 0.316. The predicted molar refractivity (Wildman–Crippen MR) is 72.1 cm³/mol. The van der Waals surface area contributed by atoms with E-state index in [9.17, 15) is 0 Å². The van der Waals surface area contributed by atoms with E-state index in [0.717, 1.165) is 23.5 Å². The molecule has 0 atom stereocenters. The van der Waals surface area contributed by atoms with Crippen molar-refractivity contribution in [2.24, 2.45) is 7.05 Å². The van der Waals surface area contributed by atoms with E-state index in [0.29, 0.717) is 16.7 Å². The maximum Gasteiger partial charge on any atom is 0.160 e. The van der Waals surface area contributed by atoms with Crippen LogP contribution in [-0.4, -0.2) is 20.1 Å². The van der Waals surface area contributed by atoms with Crippen LogP contribution in [0, 0.1) is 0 Å². The van der Waals surface area contributed by atoms with E-state index in [-0.39, 0.29) is 0 Å². The van der Waals surface area contributed by atoms with Gasteiger partial charge in [0.25, 0.3) is 0 Å². The molecule has 98 valence electrons. The molecule has 7 heteroatoms. The highest BCUT2D eigenvalue weighted by Gasteiger charge is 2.12. The van der Waals surface area contributed by atoms with Crippen molar-refractivity contribution in [1.29, 1.82) is 0 Å². The largest absolute Gasteiger partial charge is 0.397 e. The van der Waals surface area contributed by atoms with Crippen molar-refractivity contribution < 1.29 is 4.63 Å². The maximum absolute atomic E-state index is 5.82. The number of fused-ring (bicyclic) bond motifs is 1. The standard InChI is InChI=1S/C12H14N6O/c1-3-8-10(6-18(2)15-8)14-9-5-4-7(13)11-12(9)17-19-16-11/h4-6,14H,3,13H2,1-2H3. The maximum atomic E-state index is 5.82. The predicted octanol–water partition coefficient (Wildman–Crippen LogP) is 1.84. The topological polar surface area (TPSA) is 94.8 Å². The molecule has 0 saturated heterocycles. The van der Waals surface area contributed by atoms with Crippen LogP contribution in [0.1, 0.15) is 12.6 Å². The number of aryl methyl sites for hydroxylation is 2.